The zero-order valence-electron chi connectivity index (χ0n) is 11.2. The average Bonchev–Trinajstić information content (AvgIpc) is 2.56. The van der Waals surface area contributed by atoms with Gasteiger partial charge in [0.05, 0.1) is 12.4 Å². The van der Waals surface area contributed by atoms with Gasteiger partial charge in [-0.3, -0.25) is 4.98 Å². The van der Waals surface area contributed by atoms with E-state index in [2.05, 4.69) is 27.5 Å². The van der Waals surface area contributed by atoms with Crippen molar-refractivity contribution < 1.29 is 4.74 Å². The van der Waals surface area contributed by atoms with Crippen LogP contribution < -0.4 is 16.0 Å². The number of hydrogen-bond donors (Lipinski definition) is 2. The van der Waals surface area contributed by atoms with Crippen LogP contribution in [0.5, 0.6) is 11.6 Å². The fourth-order valence-electron chi connectivity index (χ4n) is 1.93. The number of nitrogens with zero attached hydrogens (tertiary/aromatic N) is 2. The standard InChI is InChI=1S/C16H14N4O/c17-20-15-10-18-11-16(19-15)21-14-8-6-13(7-9-14)12-4-2-1-3-5-12/h1-11H,17H2,(H,19,20). The molecule has 104 valence electrons. The minimum atomic E-state index is 0.387. The largest absolute Gasteiger partial charge is 0.437 e. The summed E-state index contributed by atoms with van der Waals surface area (Å²) in [5.41, 5.74) is 4.73. The van der Waals surface area contributed by atoms with E-state index in [1.807, 2.05) is 42.5 Å². The number of nitrogens with two attached hydrogens (primary N) is 1. The van der Waals surface area contributed by atoms with E-state index in [0.717, 1.165) is 11.1 Å². The Kier molecular flexibility index (Phi) is 3.75. The fourth-order valence-corrected chi connectivity index (χ4v) is 1.93. The van der Waals surface area contributed by atoms with Gasteiger partial charge in [0, 0.05) is 0 Å². The number of anilines is 1. The molecule has 5 nitrogen and oxygen atoms in total. The summed E-state index contributed by atoms with van der Waals surface area (Å²) in [5.74, 6) is 6.82. The predicted octanol–water partition coefficient (Wildman–Crippen LogP) is 3.22. The quantitative estimate of drug-likeness (QED) is 0.566. The number of aromatic nitrogens is 2. The highest BCUT2D eigenvalue weighted by molar-refractivity contribution is 5.63. The summed E-state index contributed by atoms with van der Waals surface area (Å²) >= 11 is 0. The highest BCUT2D eigenvalue weighted by Crippen LogP contribution is 2.24. The first-order valence-electron chi connectivity index (χ1n) is 6.47. The van der Waals surface area contributed by atoms with E-state index >= 15 is 0 Å². The molecule has 5 heteroatoms. The molecule has 1 heterocycles. The van der Waals surface area contributed by atoms with E-state index in [9.17, 15) is 0 Å². The Balaban J connectivity index is 1.78. The molecule has 0 saturated heterocycles. The molecular formula is C16H14N4O. The molecule has 3 rings (SSSR count). The summed E-state index contributed by atoms with van der Waals surface area (Å²) in [4.78, 5) is 8.13. The lowest BCUT2D eigenvalue weighted by atomic mass is 10.1. The molecule has 0 aliphatic rings. The maximum absolute atomic E-state index is 5.64. The van der Waals surface area contributed by atoms with Crippen molar-refractivity contribution >= 4 is 5.82 Å². The Bertz CT molecular complexity index is 714. The lowest BCUT2D eigenvalue weighted by molar-refractivity contribution is 0.461. The topological polar surface area (TPSA) is 73.1 Å². The van der Waals surface area contributed by atoms with Crippen LogP contribution in [0, 0.1) is 0 Å². The van der Waals surface area contributed by atoms with Gasteiger partial charge in [-0.25, -0.2) is 5.84 Å². The van der Waals surface area contributed by atoms with Crippen molar-refractivity contribution in [3.63, 3.8) is 0 Å². The molecule has 0 bridgehead atoms. The molecule has 2 aromatic carbocycles. The number of hydrazine groups is 1. The van der Waals surface area contributed by atoms with E-state index in [-0.39, 0.29) is 0 Å². The molecule has 0 radical (unpaired) electrons. The van der Waals surface area contributed by atoms with Crippen molar-refractivity contribution in [2.24, 2.45) is 5.84 Å². The molecule has 0 amide bonds. The number of nitrogen functional groups attached to an aromatic ring is 1. The number of hydrogen-bond acceptors (Lipinski definition) is 5. The first-order valence-corrected chi connectivity index (χ1v) is 6.47. The van der Waals surface area contributed by atoms with Crippen molar-refractivity contribution in [1.82, 2.24) is 9.97 Å². The Labute approximate surface area is 122 Å². The molecular weight excluding hydrogens is 264 g/mol. The van der Waals surface area contributed by atoms with Crippen molar-refractivity contribution in [2.75, 3.05) is 5.43 Å². The third kappa shape index (κ3) is 3.16. The normalized spacial score (nSPS) is 10.1. The van der Waals surface area contributed by atoms with Crippen molar-refractivity contribution in [3.05, 3.63) is 67.0 Å². The molecule has 1 aromatic heterocycles. The van der Waals surface area contributed by atoms with Crippen LogP contribution in [0.2, 0.25) is 0 Å². The van der Waals surface area contributed by atoms with Crippen LogP contribution in [0.4, 0.5) is 5.82 Å². The minimum Gasteiger partial charge on any atom is -0.437 e. The minimum absolute atomic E-state index is 0.387. The summed E-state index contributed by atoms with van der Waals surface area (Å²) in [6, 6.07) is 18.0. The molecule has 0 fully saturated rings. The van der Waals surface area contributed by atoms with Crippen LogP contribution in [0.25, 0.3) is 11.1 Å². The van der Waals surface area contributed by atoms with Crippen LogP contribution in [0.3, 0.4) is 0 Å². The summed E-state index contributed by atoms with van der Waals surface area (Å²) in [6.07, 6.45) is 3.05. The number of benzene rings is 2. The van der Waals surface area contributed by atoms with Gasteiger partial charge < -0.3 is 10.2 Å². The van der Waals surface area contributed by atoms with Crippen molar-refractivity contribution in [1.29, 1.82) is 0 Å². The first kappa shape index (κ1) is 13.1. The third-order valence-corrected chi connectivity index (χ3v) is 2.94. The zero-order chi connectivity index (χ0) is 14.5. The maximum Gasteiger partial charge on any atom is 0.239 e. The smallest absolute Gasteiger partial charge is 0.239 e. The second-order valence-corrected chi connectivity index (χ2v) is 4.38. The van der Waals surface area contributed by atoms with Gasteiger partial charge in [0.25, 0.3) is 0 Å². The van der Waals surface area contributed by atoms with Crippen molar-refractivity contribution in [3.8, 4) is 22.8 Å². The number of rotatable bonds is 4. The van der Waals surface area contributed by atoms with Crippen LogP contribution in [0.1, 0.15) is 0 Å². The molecule has 3 N–H and O–H groups in total. The fraction of sp³-hybridized carbons (Fsp3) is 0. The zero-order valence-corrected chi connectivity index (χ0v) is 11.2. The molecule has 0 unspecified atom stereocenters. The van der Waals surface area contributed by atoms with Gasteiger partial charge in [-0.2, -0.15) is 4.98 Å². The van der Waals surface area contributed by atoms with Crippen LogP contribution in [0.15, 0.2) is 67.0 Å². The molecule has 0 aliphatic heterocycles. The second kappa shape index (κ2) is 6.02. The highest BCUT2D eigenvalue weighted by atomic mass is 16.5. The van der Waals surface area contributed by atoms with Gasteiger partial charge in [0.1, 0.15) is 5.75 Å². The van der Waals surface area contributed by atoms with Gasteiger partial charge in [-0.1, -0.05) is 42.5 Å². The van der Waals surface area contributed by atoms with Crippen LogP contribution in [-0.2, 0) is 0 Å². The average molecular weight is 278 g/mol. The Hall–Kier alpha value is -2.92. The lowest BCUT2D eigenvalue weighted by Crippen LogP contribution is -2.08. The van der Waals surface area contributed by atoms with E-state index < -0.39 is 0 Å². The molecule has 0 saturated carbocycles. The number of nitrogens with one attached hydrogen (secondary N) is 1. The number of ether oxygens (including phenoxy) is 1. The van der Waals surface area contributed by atoms with Gasteiger partial charge in [0.15, 0.2) is 5.82 Å². The van der Waals surface area contributed by atoms with Crippen LogP contribution >= 0.6 is 0 Å². The van der Waals surface area contributed by atoms with E-state index in [1.165, 1.54) is 12.4 Å². The lowest BCUT2D eigenvalue weighted by Gasteiger charge is -2.07. The monoisotopic (exact) mass is 278 g/mol. The van der Waals surface area contributed by atoms with E-state index in [1.54, 1.807) is 0 Å². The summed E-state index contributed by atoms with van der Waals surface area (Å²) < 4.78 is 5.64. The van der Waals surface area contributed by atoms with E-state index in [0.29, 0.717) is 17.4 Å². The molecule has 0 aliphatic carbocycles. The summed E-state index contributed by atoms with van der Waals surface area (Å²) in [6.45, 7) is 0. The molecule has 3 aromatic rings. The second-order valence-electron chi connectivity index (χ2n) is 4.38. The summed E-state index contributed by atoms with van der Waals surface area (Å²) in [7, 11) is 0. The highest BCUT2D eigenvalue weighted by Gasteiger charge is 2.02. The van der Waals surface area contributed by atoms with Gasteiger partial charge in [-0.15, -0.1) is 0 Å². The molecule has 0 spiro atoms. The SMILES string of the molecule is NNc1cncc(Oc2ccc(-c3ccccc3)cc2)n1. The molecule has 21 heavy (non-hydrogen) atoms. The maximum atomic E-state index is 5.64. The first-order chi connectivity index (χ1) is 10.3. The van der Waals surface area contributed by atoms with Crippen LogP contribution in [-0.4, -0.2) is 9.97 Å². The molecule has 0 atom stereocenters. The van der Waals surface area contributed by atoms with Gasteiger partial charge in [0.2, 0.25) is 5.88 Å². The predicted molar refractivity (Wildman–Crippen MR) is 81.8 cm³/mol. The van der Waals surface area contributed by atoms with Gasteiger partial charge >= 0.3 is 0 Å². The summed E-state index contributed by atoms with van der Waals surface area (Å²) in [5, 5.41) is 0. The van der Waals surface area contributed by atoms with Crippen molar-refractivity contribution in [2.45, 2.75) is 0 Å². The van der Waals surface area contributed by atoms with E-state index in [4.69, 9.17) is 10.6 Å². The Morgan fingerprint density at radius 1 is 0.857 bits per heavy atom. The van der Waals surface area contributed by atoms with Gasteiger partial charge in [-0.05, 0) is 23.3 Å². The Morgan fingerprint density at radius 3 is 2.29 bits per heavy atom. The third-order valence-electron chi connectivity index (χ3n) is 2.94. The Morgan fingerprint density at radius 2 is 1.57 bits per heavy atom.